The van der Waals surface area contributed by atoms with Crippen LogP contribution in [0.3, 0.4) is 0 Å². The Kier molecular flexibility index (Phi) is 4.39. The van der Waals surface area contributed by atoms with E-state index in [0.29, 0.717) is 29.9 Å². The molecular weight excluding hydrogens is 390 g/mol. The molecule has 0 radical (unpaired) electrons. The van der Waals surface area contributed by atoms with E-state index in [0.717, 1.165) is 16.9 Å². The summed E-state index contributed by atoms with van der Waals surface area (Å²) in [5.41, 5.74) is 4.30. The van der Waals surface area contributed by atoms with Crippen LogP contribution in [-0.4, -0.2) is 23.1 Å². The summed E-state index contributed by atoms with van der Waals surface area (Å²) in [5.74, 6) is 0.615. The molecule has 31 heavy (non-hydrogen) atoms. The number of benzene rings is 2. The van der Waals surface area contributed by atoms with Crippen molar-refractivity contribution in [2.75, 3.05) is 0 Å². The molecule has 0 aliphatic rings. The van der Waals surface area contributed by atoms with Crippen LogP contribution < -0.4 is 11.2 Å². The number of hydrogen-bond acceptors (Lipinski definition) is 3. The van der Waals surface area contributed by atoms with Crippen LogP contribution >= 0.6 is 0 Å². The first-order valence-electron chi connectivity index (χ1n) is 10.3. The molecule has 2 aromatic carbocycles. The fraction of sp³-hybridized carbons (Fsp3) is 0.208. The standard InChI is InChI=1S/C24H23N5O2/c1-16-9-11-19(12-10-16)29-17(2)15-28-20-21(25-23(28)29)26(3)24(31)27(22(20)30)14-13-18-7-5-4-6-8-18/h4-12,15H,13-14H2,1-3H3. The Hall–Kier alpha value is -3.87. The lowest BCUT2D eigenvalue weighted by Gasteiger charge is -2.08. The molecule has 0 aliphatic heterocycles. The normalized spacial score (nSPS) is 11.6. The van der Waals surface area contributed by atoms with Gasteiger partial charge < -0.3 is 0 Å². The summed E-state index contributed by atoms with van der Waals surface area (Å²) in [6.07, 6.45) is 2.50. The summed E-state index contributed by atoms with van der Waals surface area (Å²) in [6.45, 7) is 4.34. The van der Waals surface area contributed by atoms with E-state index in [1.54, 1.807) is 11.4 Å². The van der Waals surface area contributed by atoms with Crippen molar-refractivity contribution in [3.8, 4) is 5.69 Å². The fourth-order valence-corrected chi connectivity index (χ4v) is 4.11. The van der Waals surface area contributed by atoms with Crippen molar-refractivity contribution in [2.24, 2.45) is 7.05 Å². The van der Waals surface area contributed by atoms with Crippen LogP contribution in [0.4, 0.5) is 0 Å². The molecule has 0 fully saturated rings. The zero-order chi connectivity index (χ0) is 21.7. The van der Waals surface area contributed by atoms with Gasteiger partial charge >= 0.3 is 5.69 Å². The van der Waals surface area contributed by atoms with Crippen LogP contribution in [0.15, 0.2) is 70.4 Å². The minimum atomic E-state index is -0.354. The topological polar surface area (TPSA) is 66.2 Å². The number of imidazole rings is 2. The maximum atomic E-state index is 13.4. The Morgan fingerprint density at radius 2 is 1.65 bits per heavy atom. The van der Waals surface area contributed by atoms with E-state index in [-0.39, 0.29) is 11.2 Å². The van der Waals surface area contributed by atoms with Gasteiger partial charge in [0.1, 0.15) is 0 Å². The van der Waals surface area contributed by atoms with Crippen LogP contribution in [-0.2, 0) is 20.0 Å². The van der Waals surface area contributed by atoms with Crippen LogP contribution in [0.25, 0.3) is 22.6 Å². The molecule has 3 aromatic heterocycles. The molecule has 0 aliphatic carbocycles. The molecule has 0 atom stereocenters. The molecule has 7 heteroatoms. The lowest BCUT2D eigenvalue weighted by atomic mass is 10.1. The highest BCUT2D eigenvalue weighted by atomic mass is 16.2. The molecule has 3 heterocycles. The average molecular weight is 413 g/mol. The largest absolute Gasteiger partial charge is 0.332 e. The van der Waals surface area contributed by atoms with Gasteiger partial charge in [0.25, 0.3) is 5.56 Å². The quantitative estimate of drug-likeness (QED) is 0.455. The van der Waals surface area contributed by atoms with Crippen LogP contribution in [0.5, 0.6) is 0 Å². The lowest BCUT2D eigenvalue weighted by Crippen LogP contribution is -2.39. The van der Waals surface area contributed by atoms with Gasteiger partial charge in [0.15, 0.2) is 11.2 Å². The number of aromatic nitrogens is 5. The summed E-state index contributed by atoms with van der Waals surface area (Å²) < 4.78 is 6.56. The van der Waals surface area contributed by atoms with Gasteiger partial charge in [0, 0.05) is 31.2 Å². The number of nitrogens with zero attached hydrogens (tertiary/aromatic N) is 5. The molecule has 0 unspecified atom stereocenters. The van der Waals surface area contributed by atoms with Crippen LogP contribution in [0, 0.1) is 13.8 Å². The highest BCUT2D eigenvalue weighted by Gasteiger charge is 2.20. The average Bonchev–Trinajstić information content (AvgIpc) is 3.28. The maximum Gasteiger partial charge on any atom is 0.332 e. The van der Waals surface area contributed by atoms with Crippen molar-refractivity contribution in [1.82, 2.24) is 23.1 Å². The minimum absolute atomic E-state index is 0.316. The highest BCUT2D eigenvalue weighted by molar-refractivity contribution is 5.76. The number of aryl methyl sites for hydroxylation is 4. The van der Waals surface area contributed by atoms with Crippen molar-refractivity contribution in [3.63, 3.8) is 0 Å². The molecule has 0 amide bonds. The third-order valence-electron chi connectivity index (χ3n) is 5.79. The van der Waals surface area contributed by atoms with Crippen molar-refractivity contribution in [3.05, 3.63) is 98.5 Å². The van der Waals surface area contributed by atoms with Gasteiger partial charge in [0.2, 0.25) is 5.78 Å². The van der Waals surface area contributed by atoms with Crippen molar-refractivity contribution in [1.29, 1.82) is 0 Å². The zero-order valence-electron chi connectivity index (χ0n) is 17.7. The molecule has 5 rings (SSSR count). The molecule has 5 aromatic rings. The SMILES string of the molecule is Cc1ccc(-n2c(C)cn3c4c(=O)n(CCc5ccccc5)c(=O)n(C)c4nc23)cc1. The highest BCUT2D eigenvalue weighted by Crippen LogP contribution is 2.21. The first kappa shape index (κ1) is 19.1. The summed E-state index contributed by atoms with van der Waals surface area (Å²) >= 11 is 0. The van der Waals surface area contributed by atoms with E-state index in [4.69, 9.17) is 4.98 Å². The second-order valence-electron chi connectivity index (χ2n) is 7.93. The maximum absolute atomic E-state index is 13.4. The number of hydrogen-bond donors (Lipinski definition) is 0. The monoisotopic (exact) mass is 413 g/mol. The Labute approximate surface area is 178 Å². The van der Waals surface area contributed by atoms with Gasteiger partial charge in [-0.05, 0) is 38.0 Å². The van der Waals surface area contributed by atoms with Crippen molar-refractivity contribution >= 4 is 16.9 Å². The van der Waals surface area contributed by atoms with Gasteiger partial charge in [-0.3, -0.25) is 22.9 Å². The molecule has 156 valence electrons. The Balaban J connectivity index is 1.71. The number of fused-ring (bicyclic) bond motifs is 3. The second kappa shape index (κ2) is 7.12. The van der Waals surface area contributed by atoms with E-state index in [1.165, 1.54) is 14.7 Å². The summed E-state index contributed by atoms with van der Waals surface area (Å²) in [7, 11) is 1.67. The Morgan fingerprint density at radius 3 is 2.35 bits per heavy atom. The van der Waals surface area contributed by atoms with E-state index < -0.39 is 0 Å². The number of rotatable bonds is 4. The van der Waals surface area contributed by atoms with Crippen LogP contribution in [0.2, 0.25) is 0 Å². The first-order chi connectivity index (χ1) is 15.0. The van der Waals surface area contributed by atoms with Gasteiger partial charge in [-0.1, -0.05) is 48.0 Å². The fourth-order valence-electron chi connectivity index (χ4n) is 4.11. The van der Waals surface area contributed by atoms with Crippen LogP contribution in [0.1, 0.15) is 16.8 Å². The van der Waals surface area contributed by atoms with Gasteiger partial charge in [0.05, 0.1) is 0 Å². The molecule has 0 bridgehead atoms. The van der Waals surface area contributed by atoms with Gasteiger partial charge in [-0.15, -0.1) is 0 Å². The molecule has 0 N–H and O–H groups in total. The third-order valence-corrected chi connectivity index (χ3v) is 5.79. The van der Waals surface area contributed by atoms with Crippen molar-refractivity contribution in [2.45, 2.75) is 26.8 Å². The third kappa shape index (κ3) is 3.01. The lowest BCUT2D eigenvalue weighted by molar-refractivity contribution is 0.602. The summed E-state index contributed by atoms with van der Waals surface area (Å²) in [4.78, 5) is 31.0. The van der Waals surface area contributed by atoms with E-state index in [2.05, 4.69) is 0 Å². The predicted molar refractivity (Wildman–Crippen MR) is 121 cm³/mol. The van der Waals surface area contributed by atoms with Crippen molar-refractivity contribution < 1.29 is 0 Å². The molecule has 7 nitrogen and oxygen atoms in total. The summed E-state index contributed by atoms with van der Waals surface area (Å²) in [6, 6.07) is 18.0. The molecular formula is C24H23N5O2. The summed E-state index contributed by atoms with van der Waals surface area (Å²) in [5, 5.41) is 0. The van der Waals surface area contributed by atoms with E-state index in [1.807, 2.05) is 79.2 Å². The van der Waals surface area contributed by atoms with E-state index in [9.17, 15) is 9.59 Å². The smallest absolute Gasteiger partial charge is 0.283 e. The van der Waals surface area contributed by atoms with E-state index >= 15 is 0 Å². The predicted octanol–water partition coefficient (Wildman–Crippen LogP) is 3.00. The minimum Gasteiger partial charge on any atom is -0.283 e. The Morgan fingerprint density at radius 1 is 0.935 bits per heavy atom. The second-order valence-corrected chi connectivity index (χ2v) is 7.93. The molecule has 0 saturated carbocycles. The van der Waals surface area contributed by atoms with Gasteiger partial charge in [-0.2, -0.15) is 4.98 Å². The molecule has 0 saturated heterocycles. The van der Waals surface area contributed by atoms with Gasteiger partial charge in [-0.25, -0.2) is 4.79 Å². The zero-order valence-corrected chi connectivity index (χ0v) is 17.7. The first-order valence-corrected chi connectivity index (χ1v) is 10.3. The molecule has 0 spiro atoms. The Bertz CT molecular complexity index is 1530.